The number of aromatic nitrogens is 2. The van der Waals surface area contributed by atoms with Crippen molar-refractivity contribution < 1.29 is 9.59 Å². The van der Waals surface area contributed by atoms with Gasteiger partial charge < -0.3 is 5.32 Å². The van der Waals surface area contributed by atoms with Crippen molar-refractivity contribution >= 4 is 22.8 Å². The highest BCUT2D eigenvalue weighted by Gasteiger charge is 2.31. The zero-order chi connectivity index (χ0) is 17.3. The molecule has 2 heterocycles. The van der Waals surface area contributed by atoms with E-state index < -0.39 is 11.9 Å². The van der Waals surface area contributed by atoms with E-state index in [1.165, 1.54) is 4.57 Å². The molecule has 1 saturated heterocycles. The van der Waals surface area contributed by atoms with Crippen LogP contribution in [0.5, 0.6) is 0 Å². The van der Waals surface area contributed by atoms with Gasteiger partial charge in [-0.1, -0.05) is 6.07 Å². The van der Waals surface area contributed by atoms with E-state index in [0.717, 1.165) is 36.0 Å². The lowest BCUT2D eigenvalue weighted by atomic mass is 10.1. The Bertz CT molecular complexity index is 849. The number of nitrogens with one attached hydrogen (secondary N) is 2. The Morgan fingerprint density at radius 1 is 1.25 bits per heavy atom. The number of aryl methyl sites for hydroxylation is 2. The number of rotatable bonds is 5. The fourth-order valence-corrected chi connectivity index (χ4v) is 3.26. The third-order valence-corrected chi connectivity index (χ3v) is 4.57. The summed E-state index contributed by atoms with van der Waals surface area (Å²) < 4.78 is 3.08. The second-order valence-corrected chi connectivity index (χ2v) is 6.21. The van der Waals surface area contributed by atoms with Gasteiger partial charge in [0, 0.05) is 13.5 Å². The van der Waals surface area contributed by atoms with Crippen LogP contribution in [-0.4, -0.2) is 34.5 Å². The van der Waals surface area contributed by atoms with Crippen molar-refractivity contribution in [3.8, 4) is 0 Å². The van der Waals surface area contributed by atoms with Gasteiger partial charge in [0.2, 0.25) is 11.8 Å². The van der Waals surface area contributed by atoms with E-state index in [1.54, 1.807) is 11.6 Å². The lowest BCUT2D eigenvalue weighted by Crippen LogP contribution is -2.44. The van der Waals surface area contributed by atoms with Crippen molar-refractivity contribution in [1.29, 1.82) is 0 Å². The number of carbonyl (C=O) groups excluding carboxylic acids is 2. The maximum Gasteiger partial charge on any atom is 0.329 e. The van der Waals surface area contributed by atoms with Gasteiger partial charge in [-0.05, 0) is 50.6 Å². The molecule has 128 valence electrons. The van der Waals surface area contributed by atoms with Gasteiger partial charge in [0.05, 0.1) is 11.0 Å². The van der Waals surface area contributed by atoms with Gasteiger partial charge in [-0.25, -0.2) is 4.79 Å². The van der Waals surface area contributed by atoms with Gasteiger partial charge in [-0.15, -0.1) is 0 Å². The molecule has 2 amide bonds. The van der Waals surface area contributed by atoms with E-state index in [4.69, 9.17) is 0 Å². The number of fused-ring (bicyclic) bond motifs is 1. The standard InChI is InChI=1S/C17H22N4O3/c1-18-9-3-4-11-5-6-12-14(10-11)20(2)17(24)21(12)13-7-8-15(22)19-16(13)23/h5-6,10,13,18H,3-4,7-9H2,1-2H3,(H,19,22,23). The Morgan fingerprint density at radius 3 is 2.75 bits per heavy atom. The molecule has 1 atom stereocenters. The summed E-state index contributed by atoms with van der Waals surface area (Å²) in [6.07, 6.45) is 2.55. The van der Waals surface area contributed by atoms with Crippen LogP contribution >= 0.6 is 0 Å². The summed E-state index contributed by atoms with van der Waals surface area (Å²) in [5, 5.41) is 5.44. The van der Waals surface area contributed by atoms with E-state index in [2.05, 4.69) is 10.6 Å². The smallest absolute Gasteiger partial charge is 0.320 e. The first-order valence-electron chi connectivity index (χ1n) is 8.21. The van der Waals surface area contributed by atoms with Crippen molar-refractivity contribution in [2.24, 2.45) is 7.05 Å². The van der Waals surface area contributed by atoms with Crippen LogP contribution in [0.2, 0.25) is 0 Å². The highest BCUT2D eigenvalue weighted by atomic mass is 16.2. The largest absolute Gasteiger partial charge is 0.329 e. The van der Waals surface area contributed by atoms with Crippen LogP contribution in [0.1, 0.15) is 30.9 Å². The molecular weight excluding hydrogens is 308 g/mol. The van der Waals surface area contributed by atoms with Crippen LogP contribution in [0.4, 0.5) is 0 Å². The Hall–Kier alpha value is -2.41. The van der Waals surface area contributed by atoms with E-state index >= 15 is 0 Å². The van der Waals surface area contributed by atoms with Gasteiger partial charge in [-0.2, -0.15) is 0 Å². The molecule has 2 aromatic rings. The summed E-state index contributed by atoms with van der Waals surface area (Å²) >= 11 is 0. The molecule has 1 aliphatic heterocycles. The van der Waals surface area contributed by atoms with Crippen LogP contribution in [-0.2, 0) is 23.1 Å². The predicted octanol–water partition coefficient (Wildman–Crippen LogP) is 0.470. The monoisotopic (exact) mass is 330 g/mol. The fraction of sp³-hybridized carbons (Fsp3) is 0.471. The second-order valence-electron chi connectivity index (χ2n) is 6.21. The molecule has 24 heavy (non-hydrogen) atoms. The van der Waals surface area contributed by atoms with E-state index in [1.807, 2.05) is 25.2 Å². The van der Waals surface area contributed by atoms with E-state index in [0.29, 0.717) is 6.42 Å². The Morgan fingerprint density at radius 2 is 2.04 bits per heavy atom. The lowest BCUT2D eigenvalue weighted by Gasteiger charge is -2.21. The summed E-state index contributed by atoms with van der Waals surface area (Å²) in [5.41, 5.74) is 2.47. The van der Waals surface area contributed by atoms with Gasteiger partial charge in [0.25, 0.3) is 0 Å². The molecule has 0 bridgehead atoms. The van der Waals surface area contributed by atoms with E-state index in [9.17, 15) is 14.4 Å². The maximum atomic E-state index is 12.6. The Balaban J connectivity index is 2.00. The number of nitrogens with zero attached hydrogens (tertiary/aromatic N) is 2. The first kappa shape index (κ1) is 16.4. The number of carbonyl (C=O) groups is 2. The first-order valence-corrected chi connectivity index (χ1v) is 8.21. The van der Waals surface area contributed by atoms with Gasteiger partial charge in [-0.3, -0.25) is 24.0 Å². The Labute approximate surface area is 139 Å². The number of hydrogen-bond donors (Lipinski definition) is 2. The molecule has 7 heteroatoms. The summed E-state index contributed by atoms with van der Waals surface area (Å²) in [4.78, 5) is 36.1. The summed E-state index contributed by atoms with van der Waals surface area (Å²) in [7, 11) is 3.64. The summed E-state index contributed by atoms with van der Waals surface area (Å²) in [6, 6.07) is 5.28. The van der Waals surface area contributed by atoms with Gasteiger partial charge in [0.1, 0.15) is 6.04 Å². The van der Waals surface area contributed by atoms with Crippen molar-refractivity contribution in [3.05, 3.63) is 34.2 Å². The number of piperidine rings is 1. The molecule has 2 N–H and O–H groups in total. The topological polar surface area (TPSA) is 85.1 Å². The fourth-order valence-electron chi connectivity index (χ4n) is 3.26. The number of imide groups is 1. The van der Waals surface area contributed by atoms with Crippen LogP contribution in [0.15, 0.2) is 23.0 Å². The predicted molar refractivity (Wildman–Crippen MR) is 90.8 cm³/mol. The highest BCUT2D eigenvalue weighted by molar-refractivity contribution is 6.00. The van der Waals surface area contributed by atoms with Crippen molar-refractivity contribution in [2.45, 2.75) is 31.7 Å². The molecule has 3 rings (SSSR count). The second kappa shape index (κ2) is 6.60. The molecule has 0 radical (unpaired) electrons. The summed E-state index contributed by atoms with van der Waals surface area (Å²) in [5.74, 6) is -0.685. The molecule has 1 aromatic carbocycles. The quantitative estimate of drug-likeness (QED) is 0.616. The molecule has 0 spiro atoms. The minimum absolute atomic E-state index is 0.230. The zero-order valence-electron chi connectivity index (χ0n) is 14.0. The highest BCUT2D eigenvalue weighted by Crippen LogP contribution is 2.23. The van der Waals surface area contributed by atoms with E-state index in [-0.39, 0.29) is 18.0 Å². The number of imidazole rings is 1. The number of amides is 2. The van der Waals surface area contributed by atoms with Crippen LogP contribution in [0, 0.1) is 0 Å². The molecule has 1 aliphatic rings. The molecular formula is C17H22N4O3. The Kier molecular flexibility index (Phi) is 4.53. The van der Waals surface area contributed by atoms with Crippen molar-refractivity contribution in [2.75, 3.05) is 13.6 Å². The average molecular weight is 330 g/mol. The third-order valence-electron chi connectivity index (χ3n) is 4.57. The van der Waals surface area contributed by atoms with Crippen LogP contribution < -0.4 is 16.3 Å². The number of benzene rings is 1. The average Bonchev–Trinajstić information content (AvgIpc) is 2.80. The molecule has 0 saturated carbocycles. The van der Waals surface area contributed by atoms with Gasteiger partial charge in [0.15, 0.2) is 0 Å². The van der Waals surface area contributed by atoms with Gasteiger partial charge >= 0.3 is 5.69 Å². The molecule has 1 unspecified atom stereocenters. The molecule has 1 fully saturated rings. The number of hydrogen-bond acceptors (Lipinski definition) is 4. The SMILES string of the molecule is CNCCCc1ccc2c(c1)n(C)c(=O)n2C1CCC(=O)NC1=O. The lowest BCUT2D eigenvalue weighted by molar-refractivity contribution is -0.135. The summed E-state index contributed by atoms with van der Waals surface area (Å²) in [6.45, 7) is 0.939. The minimum atomic E-state index is -0.631. The van der Waals surface area contributed by atoms with Crippen molar-refractivity contribution in [1.82, 2.24) is 19.8 Å². The zero-order valence-corrected chi connectivity index (χ0v) is 14.0. The van der Waals surface area contributed by atoms with Crippen molar-refractivity contribution in [3.63, 3.8) is 0 Å². The molecule has 1 aromatic heterocycles. The third kappa shape index (κ3) is 2.87. The minimum Gasteiger partial charge on any atom is -0.320 e. The van der Waals surface area contributed by atoms with Crippen LogP contribution in [0.25, 0.3) is 11.0 Å². The maximum absolute atomic E-state index is 12.6. The molecule has 7 nitrogen and oxygen atoms in total. The van der Waals surface area contributed by atoms with Crippen LogP contribution in [0.3, 0.4) is 0 Å². The first-order chi connectivity index (χ1) is 11.5. The molecule has 0 aliphatic carbocycles. The normalized spacial score (nSPS) is 18.2.